The molecule has 1 aliphatic rings. The van der Waals surface area contributed by atoms with Gasteiger partial charge in [0.25, 0.3) is 0 Å². The third kappa shape index (κ3) is 5.02. The number of likely N-dealkylation sites (tertiary alicyclic amines) is 1. The maximum Gasteiger partial charge on any atom is 0.170 e. The van der Waals surface area contributed by atoms with Gasteiger partial charge in [-0.1, -0.05) is 35.8 Å². The molecule has 3 N–H and O–H groups in total. The Bertz CT molecular complexity index is 457. The molecule has 21 heavy (non-hydrogen) atoms. The number of oxime groups is 1. The Balaban J connectivity index is 2.01. The van der Waals surface area contributed by atoms with Crippen LogP contribution in [0.4, 0.5) is 0 Å². The van der Waals surface area contributed by atoms with Crippen LogP contribution in [0.5, 0.6) is 0 Å². The number of aliphatic hydroxyl groups is 1. The monoisotopic (exact) mass is 291 g/mol. The predicted molar refractivity (Wildman–Crippen MR) is 83.9 cm³/mol. The SMILES string of the molecule is N/C(=N/OCCCO)c1ccccc1CN1CCCCC1. The van der Waals surface area contributed by atoms with E-state index in [1.54, 1.807) is 0 Å². The highest BCUT2D eigenvalue weighted by Crippen LogP contribution is 2.16. The fourth-order valence-electron chi connectivity index (χ4n) is 2.56. The van der Waals surface area contributed by atoms with Gasteiger partial charge in [0.05, 0.1) is 0 Å². The molecule has 1 aliphatic heterocycles. The average Bonchev–Trinajstić information content (AvgIpc) is 2.53. The van der Waals surface area contributed by atoms with Crippen LogP contribution in [-0.4, -0.2) is 42.1 Å². The third-order valence-corrected chi connectivity index (χ3v) is 3.69. The largest absolute Gasteiger partial charge is 0.396 e. The van der Waals surface area contributed by atoms with Crippen LogP contribution in [0, 0.1) is 0 Å². The lowest BCUT2D eigenvalue weighted by Gasteiger charge is -2.27. The van der Waals surface area contributed by atoms with Gasteiger partial charge in [-0.25, -0.2) is 0 Å². The average molecular weight is 291 g/mol. The smallest absolute Gasteiger partial charge is 0.170 e. The van der Waals surface area contributed by atoms with Gasteiger partial charge in [0.15, 0.2) is 5.84 Å². The molecule has 5 heteroatoms. The van der Waals surface area contributed by atoms with Crippen molar-refractivity contribution in [2.24, 2.45) is 10.9 Å². The van der Waals surface area contributed by atoms with Gasteiger partial charge in [0.2, 0.25) is 0 Å². The lowest BCUT2D eigenvalue weighted by atomic mass is 10.0. The number of nitrogens with zero attached hydrogens (tertiary/aromatic N) is 2. The topological polar surface area (TPSA) is 71.1 Å². The molecule has 5 nitrogen and oxygen atoms in total. The lowest BCUT2D eigenvalue weighted by molar-refractivity contribution is 0.124. The van der Waals surface area contributed by atoms with Crippen LogP contribution in [0.2, 0.25) is 0 Å². The molecule has 0 bridgehead atoms. The minimum Gasteiger partial charge on any atom is -0.396 e. The molecule has 0 amide bonds. The minimum absolute atomic E-state index is 0.0982. The standard InChI is InChI=1S/C16H25N3O2/c17-16(18-21-12-6-11-20)15-8-3-2-7-14(15)13-19-9-4-1-5-10-19/h2-3,7-8,20H,1,4-6,9-13H2,(H2,17,18). The summed E-state index contributed by atoms with van der Waals surface area (Å²) in [6.45, 7) is 3.69. The summed E-state index contributed by atoms with van der Waals surface area (Å²) in [5.41, 5.74) is 8.15. The maximum absolute atomic E-state index is 8.71. The van der Waals surface area contributed by atoms with Gasteiger partial charge in [0, 0.05) is 25.1 Å². The number of hydrogen-bond acceptors (Lipinski definition) is 4. The maximum atomic E-state index is 8.71. The Morgan fingerprint density at radius 3 is 2.76 bits per heavy atom. The summed E-state index contributed by atoms with van der Waals surface area (Å²) < 4.78 is 0. The van der Waals surface area contributed by atoms with E-state index in [9.17, 15) is 0 Å². The van der Waals surface area contributed by atoms with Crippen molar-refractivity contribution in [2.75, 3.05) is 26.3 Å². The molecule has 0 aromatic heterocycles. The molecule has 0 unspecified atom stereocenters. The Morgan fingerprint density at radius 2 is 2.00 bits per heavy atom. The molecule has 1 aromatic rings. The van der Waals surface area contributed by atoms with Crippen molar-refractivity contribution in [3.8, 4) is 0 Å². The van der Waals surface area contributed by atoms with Crippen LogP contribution in [0.3, 0.4) is 0 Å². The number of hydrogen-bond donors (Lipinski definition) is 2. The molecular weight excluding hydrogens is 266 g/mol. The molecule has 1 fully saturated rings. The molecule has 1 heterocycles. The zero-order chi connectivity index (χ0) is 14.9. The van der Waals surface area contributed by atoms with E-state index < -0.39 is 0 Å². The first kappa shape index (κ1) is 15.8. The normalized spacial score (nSPS) is 16.9. The van der Waals surface area contributed by atoms with Gasteiger partial charge < -0.3 is 15.7 Å². The van der Waals surface area contributed by atoms with E-state index in [0.717, 1.165) is 25.2 Å². The van der Waals surface area contributed by atoms with E-state index in [-0.39, 0.29) is 6.61 Å². The van der Waals surface area contributed by atoms with E-state index in [2.05, 4.69) is 16.1 Å². The van der Waals surface area contributed by atoms with Crippen LogP contribution >= 0.6 is 0 Å². The summed E-state index contributed by atoms with van der Waals surface area (Å²) in [5.74, 6) is 0.403. The van der Waals surface area contributed by atoms with Crippen molar-refractivity contribution in [1.29, 1.82) is 0 Å². The van der Waals surface area contributed by atoms with Crippen LogP contribution in [0.25, 0.3) is 0 Å². The summed E-state index contributed by atoms with van der Waals surface area (Å²) in [4.78, 5) is 7.59. The third-order valence-electron chi connectivity index (χ3n) is 3.69. The van der Waals surface area contributed by atoms with Crippen LogP contribution in [-0.2, 0) is 11.4 Å². The summed E-state index contributed by atoms with van der Waals surface area (Å²) >= 11 is 0. The highest BCUT2D eigenvalue weighted by molar-refractivity contribution is 5.98. The molecule has 0 aliphatic carbocycles. The number of benzene rings is 1. The zero-order valence-corrected chi connectivity index (χ0v) is 12.5. The van der Waals surface area contributed by atoms with Crippen molar-refractivity contribution < 1.29 is 9.94 Å². The Labute approximate surface area is 126 Å². The zero-order valence-electron chi connectivity index (χ0n) is 12.5. The molecule has 2 rings (SSSR count). The van der Waals surface area contributed by atoms with E-state index in [4.69, 9.17) is 15.7 Å². The number of amidine groups is 1. The van der Waals surface area contributed by atoms with Crippen molar-refractivity contribution in [1.82, 2.24) is 4.90 Å². The van der Waals surface area contributed by atoms with Crippen molar-refractivity contribution >= 4 is 5.84 Å². The molecular formula is C16H25N3O2. The highest BCUT2D eigenvalue weighted by atomic mass is 16.6. The fourth-order valence-corrected chi connectivity index (χ4v) is 2.56. The van der Waals surface area contributed by atoms with Gasteiger partial charge in [-0.15, -0.1) is 0 Å². The second-order valence-corrected chi connectivity index (χ2v) is 5.38. The Hall–Kier alpha value is -1.59. The molecule has 0 saturated carbocycles. The molecule has 1 aromatic carbocycles. The summed E-state index contributed by atoms with van der Waals surface area (Å²) in [5, 5.41) is 12.7. The predicted octanol–water partition coefficient (Wildman–Crippen LogP) is 1.69. The van der Waals surface area contributed by atoms with E-state index in [1.807, 2.05) is 18.2 Å². The summed E-state index contributed by atoms with van der Waals surface area (Å²) in [6.07, 6.45) is 4.44. The quantitative estimate of drug-likeness (QED) is 0.347. The van der Waals surface area contributed by atoms with Gasteiger partial charge in [-0.05, 0) is 31.5 Å². The van der Waals surface area contributed by atoms with E-state index in [1.165, 1.54) is 24.8 Å². The second kappa shape index (κ2) is 8.64. The van der Waals surface area contributed by atoms with Gasteiger partial charge in [-0.3, -0.25) is 4.90 Å². The Morgan fingerprint density at radius 1 is 1.24 bits per heavy atom. The van der Waals surface area contributed by atoms with E-state index >= 15 is 0 Å². The van der Waals surface area contributed by atoms with E-state index in [0.29, 0.717) is 18.9 Å². The minimum atomic E-state index is 0.0982. The molecule has 0 atom stereocenters. The molecule has 0 radical (unpaired) electrons. The molecule has 1 saturated heterocycles. The van der Waals surface area contributed by atoms with Gasteiger partial charge in [-0.2, -0.15) is 0 Å². The molecule has 0 spiro atoms. The van der Waals surface area contributed by atoms with Crippen LogP contribution in [0.1, 0.15) is 36.8 Å². The number of rotatable bonds is 7. The first-order chi connectivity index (χ1) is 10.3. The van der Waals surface area contributed by atoms with Gasteiger partial charge >= 0.3 is 0 Å². The lowest BCUT2D eigenvalue weighted by Crippen LogP contribution is -2.30. The number of nitrogens with two attached hydrogens (primary N) is 1. The first-order valence-corrected chi connectivity index (χ1v) is 7.68. The highest BCUT2D eigenvalue weighted by Gasteiger charge is 2.13. The number of piperidine rings is 1. The van der Waals surface area contributed by atoms with Crippen molar-refractivity contribution in [3.63, 3.8) is 0 Å². The Kier molecular flexibility index (Phi) is 6.50. The van der Waals surface area contributed by atoms with Crippen molar-refractivity contribution in [3.05, 3.63) is 35.4 Å². The van der Waals surface area contributed by atoms with Crippen LogP contribution < -0.4 is 5.73 Å². The second-order valence-electron chi connectivity index (χ2n) is 5.38. The fraction of sp³-hybridized carbons (Fsp3) is 0.562. The van der Waals surface area contributed by atoms with Crippen LogP contribution in [0.15, 0.2) is 29.4 Å². The first-order valence-electron chi connectivity index (χ1n) is 7.68. The molecule has 116 valence electrons. The van der Waals surface area contributed by atoms with Crippen molar-refractivity contribution in [2.45, 2.75) is 32.2 Å². The summed E-state index contributed by atoms with van der Waals surface area (Å²) in [6, 6.07) is 8.07. The number of aliphatic hydroxyl groups excluding tert-OH is 1. The summed E-state index contributed by atoms with van der Waals surface area (Å²) in [7, 11) is 0. The van der Waals surface area contributed by atoms with Gasteiger partial charge in [0.1, 0.15) is 6.61 Å².